The van der Waals surface area contributed by atoms with Crippen LogP contribution in [0.2, 0.25) is 0 Å². The maximum Gasteiger partial charge on any atom is 0.0759 e. The Balaban J connectivity index is 0.000000111. The van der Waals surface area contributed by atoms with Gasteiger partial charge in [0.1, 0.15) is 0 Å². The van der Waals surface area contributed by atoms with Crippen molar-refractivity contribution in [3.05, 3.63) is 514 Å². The van der Waals surface area contributed by atoms with Crippen LogP contribution in [0.15, 0.2) is 481 Å². The van der Waals surface area contributed by atoms with E-state index in [-0.39, 0.29) is 16.2 Å². The first-order valence-electron chi connectivity index (χ1n) is 51.1. The number of pyridine rings is 9. The highest BCUT2D eigenvalue weighted by Gasteiger charge is 2.44. The Morgan fingerprint density at radius 3 is 0.738 bits per heavy atom. The molecule has 0 saturated heterocycles. The van der Waals surface area contributed by atoms with Gasteiger partial charge in [0.05, 0.1) is 44.7 Å². The summed E-state index contributed by atoms with van der Waals surface area (Å²) < 4.78 is 0. The Bertz CT molecular complexity index is 9330. The Morgan fingerprint density at radius 1 is 0.168 bits per heavy atom. The molecule has 0 N–H and O–H groups in total. The van der Waals surface area contributed by atoms with Gasteiger partial charge in [-0.2, -0.15) is 0 Å². The van der Waals surface area contributed by atoms with Crippen molar-refractivity contribution >= 4 is 86.8 Å². The molecule has 3 aliphatic rings. The van der Waals surface area contributed by atoms with Crippen molar-refractivity contribution in [2.75, 3.05) is 0 Å². The number of hydrogen-bond donors (Lipinski definition) is 0. The highest BCUT2D eigenvalue weighted by molar-refractivity contribution is 6.19. The van der Waals surface area contributed by atoms with Gasteiger partial charge in [0.25, 0.3) is 0 Å². The van der Waals surface area contributed by atoms with Crippen LogP contribution < -0.4 is 0 Å². The molecule has 29 rings (SSSR count). The fraction of sp³-hybridized carbons (Fsp3) is 0.0643. The van der Waals surface area contributed by atoms with Crippen molar-refractivity contribution in [3.63, 3.8) is 0 Å². The second-order valence-electron chi connectivity index (χ2n) is 41.1. The van der Waals surface area contributed by atoms with E-state index >= 15 is 0 Å². The van der Waals surface area contributed by atoms with Gasteiger partial charge in [0.2, 0.25) is 0 Å². The van der Waals surface area contributed by atoms with E-state index < -0.39 is 0 Å². The lowest BCUT2D eigenvalue weighted by Gasteiger charge is -2.25. The van der Waals surface area contributed by atoms with Gasteiger partial charge in [-0.3, -0.25) is 29.9 Å². The number of para-hydroxylation sites is 2. The first-order valence-corrected chi connectivity index (χ1v) is 51.1. The van der Waals surface area contributed by atoms with Gasteiger partial charge in [-0.15, -0.1) is 0 Å². The fourth-order valence-electron chi connectivity index (χ4n) is 24.0. The van der Waals surface area contributed by atoms with E-state index in [0.29, 0.717) is 0 Å². The molecule has 0 fully saturated rings. The molecular formula is C140H97N9. The first-order chi connectivity index (χ1) is 73.1. The molecule has 9 aromatic heterocycles. The number of nitrogens with zero attached hydrogens (tertiary/aromatic N) is 9. The highest BCUT2D eigenvalue weighted by Crippen LogP contribution is 2.59. The van der Waals surface area contributed by atoms with Gasteiger partial charge >= 0.3 is 0 Å². The van der Waals surface area contributed by atoms with Crippen molar-refractivity contribution < 1.29 is 0 Å². The second kappa shape index (κ2) is 35.9. The van der Waals surface area contributed by atoms with Crippen LogP contribution in [0.3, 0.4) is 0 Å². The lowest BCUT2D eigenvalue weighted by atomic mass is 9.78. The van der Waals surface area contributed by atoms with Crippen LogP contribution in [0.25, 0.3) is 254 Å². The SMILES string of the molecule is CC1(C)c2ccccc2-c2nc3ccc4ccccc4c3c(-c3ccc(-c4cc(-c5cccnc5)cc(-c5cccnc5)c4)cc3)c21.CC1(C)c2ccccc2-c2nc3ccc4ccccc4c3c(-c3ccc(-c4cc(-c5ccncc5)cc(-c5ccncc5)c4)cc3)c21.CC1(C)c2ccccc2-c2nc3ccc4ccccc4c3c(-c3ccc(-c4cc(-c5cnc6ccccc6c5)cc(-c5cnc6ccccc6c5)c4)cc3)c21. The Morgan fingerprint density at radius 2 is 0.430 bits per heavy atom. The third-order valence-corrected chi connectivity index (χ3v) is 31.3. The van der Waals surface area contributed by atoms with Crippen LogP contribution in [0.5, 0.6) is 0 Å². The average molecular weight is 1910 g/mol. The van der Waals surface area contributed by atoms with Gasteiger partial charge in [-0.05, 0) is 310 Å². The van der Waals surface area contributed by atoms with Gasteiger partial charge in [-0.1, -0.05) is 327 Å². The molecule has 9 nitrogen and oxygen atoms in total. The molecule has 3 aliphatic carbocycles. The van der Waals surface area contributed by atoms with Gasteiger partial charge in [0, 0.05) is 144 Å². The van der Waals surface area contributed by atoms with E-state index in [1.807, 2.05) is 86.2 Å². The Labute approximate surface area is 864 Å². The number of hydrogen-bond acceptors (Lipinski definition) is 9. The van der Waals surface area contributed by atoms with E-state index in [0.717, 1.165) is 144 Å². The van der Waals surface area contributed by atoms with Crippen LogP contribution in [0, 0.1) is 0 Å². The molecule has 17 aromatic carbocycles. The molecule has 149 heavy (non-hydrogen) atoms. The van der Waals surface area contributed by atoms with Gasteiger partial charge in [-0.25, -0.2) is 15.0 Å². The molecule has 0 bridgehead atoms. The molecule has 0 spiro atoms. The summed E-state index contributed by atoms with van der Waals surface area (Å²) in [5.74, 6) is 0. The monoisotopic (exact) mass is 1900 g/mol. The summed E-state index contributed by atoms with van der Waals surface area (Å²) in [4.78, 5) is 43.1. The first kappa shape index (κ1) is 89.1. The molecule has 9 heteroatoms. The lowest BCUT2D eigenvalue weighted by Crippen LogP contribution is -2.16. The third kappa shape index (κ3) is 15.4. The van der Waals surface area contributed by atoms with E-state index in [2.05, 4.69) is 456 Å². The van der Waals surface area contributed by atoms with E-state index in [9.17, 15) is 0 Å². The topological polar surface area (TPSA) is 116 Å². The van der Waals surface area contributed by atoms with Crippen molar-refractivity contribution in [2.24, 2.45) is 0 Å². The quantitative estimate of drug-likeness (QED) is 0.110. The molecule has 0 atom stereocenters. The smallest absolute Gasteiger partial charge is 0.0759 e. The molecule has 9 heterocycles. The number of fused-ring (bicyclic) bond motifs is 20. The highest BCUT2D eigenvalue weighted by atomic mass is 14.8. The Hall–Kier alpha value is -18.8. The summed E-state index contributed by atoms with van der Waals surface area (Å²) >= 11 is 0. The van der Waals surface area contributed by atoms with Crippen molar-refractivity contribution in [3.8, 4) is 167 Å². The number of aromatic nitrogens is 9. The summed E-state index contributed by atoms with van der Waals surface area (Å²) in [6.07, 6.45) is 18.9. The molecule has 0 saturated carbocycles. The minimum atomic E-state index is -0.219. The summed E-state index contributed by atoms with van der Waals surface area (Å²) in [6.45, 7) is 14.1. The summed E-state index contributed by atoms with van der Waals surface area (Å²) in [6, 6.07) is 151. The van der Waals surface area contributed by atoms with Crippen LogP contribution >= 0.6 is 0 Å². The predicted octanol–water partition coefficient (Wildman–Crippen LogP) is 35.8. The number of rotatable bonds is 12. The molecule has 0 unspecified atom stereocenters. The predicted molar refractivity (Wildman–Crippen MR) is 617 cm³/mol. The molecule has 0 radical (unpaired) electrons. The Kier molecular flexibility index (Phi) is 21.4. The zero-order valence-corrected chi connectivity index (χ0v) is 83.1. The van der Waals surface area contributed by atoms with Crippen LogP contribution in [-0.2, 0) is 16.2 Å². The standard InChI is InChI=1S/C52H35N3.2C44H31N3/c1-52(2)44-16-8-7-15-43(44)51-50(52)48(49-42-14-6-3-11-33(42)23-24-47(49)55-51)34-21-19-32(20-22-34)37-27-38(40-25-35-12-4-9-17-45(35)53-30-40)29-39(28-37)41-26-36-13-5-10-18-46(36)54-31-41;1-44(2)38-14-6-5-13-37(38)43-42(44)40(41-36-12-4-3-9-29(36)19-20-39(41)47-43)30-17-15-28(16-18-30)33-23-34(31-10-7-21-45-26-31)25-35(24-33)32-11-8-22-46-27-32;1-44(2)38-10-6-5-9-37(38)43-42(44)40(41-36-8-4-3-7-31(36)15-16-39(41)47-43)32-13-11-28(12-14-32)33-25-34(29-17-21-45-22-18-29)27-35(26-33)30-19-23-46-24-20-30/h3-31H,1-2H3;2*3-27H,1-2H3. The largest absolute Gasteiger partial charge is 0.265 e. The molecular weight excluding hydrogens is 1810 g/mol. The minimum Gasteiger partial charge on any atom is -0.265 e. The normalized spacial score (nSPS) is 13.1. The summed E-state index contributed by atoms with van der Waals surface area (Å²) in [7, 11) is 0. The zero-order chi connectivity index (χ0) is 99.7. The maximum atomic E-state index is 5.40. The van der Waals surface area contributed by atoms with Crippen molar-refractivity contribution in [1.82, 2.24) is 44.9 Å². The average Bonchev–Trinajstić information content (AvgIpc) is 1.56. The van der Waals surface area contributed by atoms with Gasteiger partial charge < -0.3 is 0 Å². The van der Waals surface area contributed by atoms with E-state index in [1.54, 1.807) is 0 Å². The minimum absolute atomic E-state index is 0.198. The van der Waals surface area contributed by atoms with Crippen LogP contribution in [0.4, 0.5) is 0 Å². The summed E-state index contributed by atoms with van der Waals surface area (Å²) in [5.41, 5.74) is 47.1. The van der Waals surface area contributed by atoms with Crippen molar-refractivity contribution in [2.45, 2.75) is 57.8 Å². The third-order valence-electron chi connectivity index (χ3n) is 31.3. The molecule has 0 aliphatic heterocycles. The summed E-state index contributed by atoms with van der Waals surface area (Å²) in [5, 5.41) is 13.3. The fourth-order valence-corrected chi connectivity index (χ4v) is 24.0. The number of benzene rings is 17. The zero-order valence-electron chi connectivity index (χ0n) is 83.1. The van der Waals surface area contributed by atoms with Crippen LogP contribution in [0.1, 0.15) is 74.9 Å². The van der Waals surface area contributed by atoms with Gasteiger partial charge in [0.15, 0.2) is 0 Å². The van der Waals surface area contributed by atoms with Crippen molar-refractivity contribution in [1.29, 1.82) is 0 Å². The molecule has 26 aromatic rings. The van der Waals surface area contributed by atoms with E-state index in [1.165, 1.54) is 143 Å². The second-order valence-corrected chi connectivity index (χ2v) is 41.1. The maximum absolute atomic E-state index is 5.40. The van der Waals surface area contributed by atoms with E-state index in [4.69, 9.17) is 24.9 Å². The van der Waals surface area contributed by atoms with Crippen LogP contribution in [-0.4, -0.2) is 44.9 Å². The molecule has 0 amide bonds. The molecule has 702 valence electrons. The lowest BCUT2D eigenvalue weighted by molar-refractivity contribution is 0.661.